The average molecular weight is 242 g/mol. The first-order valence-corrected chi connectivity index (χ1v) is 5.20. The minimum absolute atomic E-state index is 0.0485. The van der Waals surface area contributed by atoms with Crippen molar-refractivity contribution in [2.24, 2.45) is 5.10 Å². The number of pyridine rings is 1. The summed E-state index contributed by atoms with van der Waals surface area (Å²) in [6.07, 6.45) is 2.82. The smallest absolute Gasteiger partial charge is 0.261 e. The van der Waals surface area contributed by atoms with Gasteiger partial charge in [-0.3, -0.25) is 15.5 Å². The Morgan fingerprint density at radius 2 is 2.00 bits per heavy atom. The fraction of sp³-hybridized carbons (Fsp3) is 0. The number of hydrogen-bond acceptors (Lipinski definition) is 5. The molecule has 0 aliphatic heterocycles. The second kappa shape index (κ2) is 5.53. The Morgan fingerprint density at radius 1 is 1.22 bits per heavy atom. The molecule has 0 aliphatic rings. The van der Waals surface area contributed by atoms with Gasteiger partial charge in [-0.25, -0.2) is 4.98 Å². The number of benzene rings is 1. The largest absolute Gasteiger partial charge is 0.287 e. The molecule has 18 heavy (non-hydrogen) atoms. The molecule has 0 spiro atoms. The molecule has 6 heteroatoms. The summed E-state index contributed by atoms with van der Waals surface area (Å²) in [5.41, 5.74) is 3.60. The monoisotopic (exact) mass is 242 g/mol. The number of nitro groups is 1. The SMILES string of the molecule is O=[N+]([O-])c1ccc(N/N=C/c2ccccc2)nc1. The van der Waals surface area contributed by atoms with Crippen LogP contribution in [0, 0.1) is 10.1 Å². The molecule has 0 bridgehead atoms. The van der Waals surface area contributed by atoms with Crippen molar-refractivity contribution in [1.29, 1.82) is 0 Å². The molecule has 90 valence electrons. The molecule has 6 nitrogen and oxygen atoms in total. The Labute approximate surface area is 103 Å². The summed E-state index contributed by atoms with van der Waals surface area (Å²) in [7, 11) is 0. The second-order valence-electron chi connectivity index (χ2n) is 3.44. The molecule has 1 heterocycles. The zero-order valence-electron chi connectivity index (χ0n) is 9.35. The van der Waals surface area contributed by atoms with Crippen molar-refractivity contribution in [3.8, 4) is 0 Å². The third-order valence-electron chi connectivity index (χ3n) is 2.15. The highest BCUT2D eigenvalue weighted by Gasteiger charge is 2.03. The van der Waals surface area contributed by atoms with Crippen molar-refractivity contribution in [2.75, 3.05) is 5.43 Å². The first-order valence-electron chi connectivity index (χ1n) is 5.20. The molecule has 0 fully saturated rings. The number of rotatable bonds is 4. The van der Waals surface area contributed by atoms with Gasteiger partial charge in [0.25, 0.3) is 5.69 Å². The number of nitrogens with one attached hydrogen (secondary N) is 1. The van der Waals surface area contributed by atoms with Crippen LogP contribution in [0.1, 0.15) is 5.56 Å². The van der Waals surface area contributed by atoms with Gasteiger partial charge in [0.15, 0.2) is 0 Å². The van der Waals surface area contributed by atoms with Gasteiger partial charge in [-0.05, 0) is 11.6 Å². The number of anilines is 1. The lowest BCUT2D eigenvalue weighted by atomic mass is 10.2. The highest BCUT2D eigenvalue weighted by atomic mass is 16.6. The van der Waals surface area contributed by atoms with Crippen LogP contribution in [0.4, 0.5) is 11.5 Å². The zero-order chi connectivity index (χ0) is 12.8. The number of aromatic nitrogens is 1. The van der Waals surface area contributed by atoms with Crippen LogP contribution in [0.5, 0.6) is 0 Å². The summed E-state index contributed by atoms with van der Waals surface area (Å²) >= 11 is 0. The Bertz CT molecular complexity index is 552. The quantitative estimate of drug-likeness (QED) is 0.507. The van der Waals surface area contributed by atoms with Gasteiger partial charge in [0.05, 0.1) is 11.1 Å². The Morgan fingerprint density at radius 3 is 2.61 bits per heavy atom. The van der Waals surface area contributed by atoms with E-state index in [0.717, 1.165) is 5.56 Å². The van der Waals surface area contributed by atoms with Crippen LogP contribution in [0.15, 0.2) is 53.8 Å². The van der Waals surface area contributed by atoms with Gasteiger partial charge in [-0.2, -0.15) is 5.10 Å². The standard InChI is InChI=1S/C12H10N4O2/c17-16(18)11-6-7-12(13-9-11)15-14-8-10-4-2-1-3-5-10/h1-9H,(H,13,15)/b14-8+. The van der Waals surface area contributed by atoms with Crippen LogP contribution >= 0.6 is 0 Å². The van der Waals surface area contributed by atoms with Gasteiger partial charge in [-0.15, -0.1) is 0 Å². The lowest BCUT2D eigenvalue weighted by Gasteiger charge is -1.98. The summed E-state index contributed by atoms with van der Waals surface area (Å²) in [6, 6.07) is 12.4. The molecule has 0 aliphatic carbocycles. The Balaban J connectivity index is 1.98. The maximum atomic E-state index is 10.4. The van der Waals surface area contributed by atoms with E-state index < -0.39 is 4.92 Å². The summed E-state index contributed by atoms with van der Waals surface area (Å²) in [5, 5.41) is 14.4. The summed E-state index contributed by atoms with van der Waals surface area (Å²) in [4.78, 5) is 13.8. The van der Waals surface area contributed by atoms with Crippen molar-refractivity contribution in [3.63, 3.8) is 0 Å². The van der Waals surface area contributed by atoms with Crippen molar-refractivity contribution in [2.45, 2.75) is 0 Å². The topological polar surface area (TPSA) is 80.4 Å². The van der Waals surface area contributed by atoms with E-state index in [4.69, 9.17) is 0 Å². The maximum absolute atomic E-state index is 10.4. The van der Waals surface area contributed by atoms with Gasteiger partial charge in [0.2, 0.25) is 0 Å². The summed E-state index contributed by atoms with van der Waals surface area (Å²) in [6.45, 7) is 0. The van der Waals surface area contributed by atoms with Crippen LogP contribution in [-0.2, 0) is 0 Å². The number of hydrazone groups is 1. The highest BCUT2D eigenvalue weighted by Crippen LogP contribution is 2.11. The van der Waals surface area contributed by atoms with E-state index in [1.165, 1.54) is 18.3 Å². The van der Waals surface area contributed by atoms with Crippen molar-refractivity contribution >= 4 is 17.7 Å². The first-order chi connectivity index (χ1) is 8.75. The van der Waals surface area contributed by atoms with Crippen LogP contribution in [-0.4, -0.2) is 16.1 Å². The highest BCUT2D eigenvalue weighted by molar-refractivity contribution is 5.79. The molecule has 1 N–H and O–H groups in total. The molecule has 2 rings (SSSR count). The molecule has 2 aromatic rings. The predicted octanol–water partition coefficient (Wildman–Crippen LogP) is 2.44. The van der Waals surface area contributed by atoms with Gasteiger partial charge in [0, 0.05) is 6.07 Å². The first kappa shape index (κ1) is 11.7. The van der Waals surface area contributed by atoms with E-state index in [1.807, 2.05) is 30.3 Å². The second-order valence-corrected chi connectivity index (χ2v) is 3.44. The van der Waals surface area contributed by atoms with Gasteiger partial charge in [0.1, 0.15) is 12.0 Å². The molecular formula is C12H10N4O2. The summed E-state index contributed by atoms with van der Waals surface area (Å²) < 4.78 is 0. The van der Waals surface area contributed by atoms with E-state index in [-0.39, 0.29) is 5.69 Å². The van der Waals surface area contributed by atoms with E-state index in [2.05, 4.69) is 15.5 Å². The molecule has 0 atom stereocenters. The van der Waals surface area contributed by atoms with E-state index in [0.29, 0.717) is 5.82 Å². The Kier molecular flexibility index (Phi) is 3.60. The molecule has 0 saturated heterocycles. The molecule has 0 unspecified atom stereocenters. The van der Waals surface area contributed by atoms with Crippen LogP contribution in [0.25, 0.3) is 0 Å². The molecule has 0 radical (unpaired) electrons. The van der Waals surface area contributed by atoms with Crippen molar-refractivity contribution < 1.29 is 4.92 Å². The minimum Gasteiger partial charge on any atom is -0.261 e. The van der Waals surface area contributed by atoms with E-state index in [9.17, 15) is 10.1 Å². The lowest BCUT2D eigenvalue weighted by Crippen LogP contribution is -1.94. The normalized spacial score (nSPS) is 10.4. The maximum Gasteiger partial charge on any atom is 0.287 e. The fourth-order valence-electron chi connectivity index (χ4n) is 1.27. The third-order valence-corrected chi connectivity index (χ3v) is 2.15. The average Bonchev–Trinajstić information content (AvgIpc) is 2.40. The van der Waals surface area contributed by atoms with Crippen molar-refractivity contribution in [1.82, 2.24) is 4.98 Å². The molecule has 0 saturated carbocycles. The van der Waals surface area contributed by atoms with Crippen molar-refractivity contribution in [3.05, 3.63) is 64.3 Å². The van der Waals surface area contributed by atoms with Crippen LogP contribution < -0.4 is 5.43 Å². The zero-order valence-corrected chi connectivity index (χ0v) is 9.35. The van der Waals surface area contributed by atoms with E-state index >= 15 is 0 Å². The van der Waals surface area contributed by atoms with Gasteiger partial charge in [-0.1, -0.05) is 30.3 Å². The molecule has 1 aromatic heterocycles. The molecular weight excluding hydrogens is 232 g/mol. The van der Waals surface area contributed by atoms with Crippen LogP contribution in [0.3, 0.4) is 0 Å². The predicted molar refractivity (Wildman–Crippen MR) is 68.6 cm³/mol. The minimum atomic E-state index is -0.496. The molecule has 1 aromatic carbocycles. The number of hydrogen-bond donors (Lipinski definition) is 1. The van der Waals surface area contributed by atoms with Gasteiger partial charge < -0.3 is 0 Å². The summed E-state index contributed by atoms with van der Waals surface area (Å²) in [5.74, 6) is 0.452. The fourth-order valence-corrected chi connectivity index (χ4v) is 1.27. The molecule has 0 amide bonds. The van der Waals surface area contributed by atoms with E-state index in [1.54, 1.807) is 6.21 Å². The van der Waals surface area contributed by atoms with Crippen LogP contribution in [0.2, 0.25) is 0 Å². The number of nitrogens with zero attached hydrogens (tertiary/aromatic N) is 3. The third kappa shape index (κ3) is 3.11. The Hall–Kier alpha value is -2.76. The lowest BCUT2D eigenvalue weighted by molar-refractivity contribution is -0.385. The van der Waals surface area contributed by atoms with Gasteiger partial charge >= 0.3 is 0 Å².